The van der Waals surface area contributed by atoms with E-state index in [0.29, 0.717) is 43.1 Å². The maximum absolute atomic E-state index is 13.9. The van der Waals surface area contributed by atoms with Crippen LogP contribution in [0.3, 0.4) is 0 Å². The van der Waals surface area contributed by atoms with Crippen LogP contribution in [0.4, 0.5) is 0 Å². The highest BCUT2D eigenvalue weighted by atomic mass is 32.2. The van der Waals surface area contributed by atoms with E-state index in [-0.39, 0.29) is 17.4 Å². The van der Waals surface area contributed by atoms with E-state index in [9.17, 15) is 13.2 Å². The highest BCUT2D eigenvalue weighted by Crippen LogP contribution is 2.39. The molecular weight excluding hydrogens is 528 g/mol. The molecule has 0 radical (unpaired) electrons. The Labute approximate surface area is 237 Å². The lowest BCUT2D eigenvalue weighted by Gasteiger charge is -2.37. The second-order valence-electron chi connectivity index (χ2n) is 9.92. The maximum Gasteiger partial charge on any atom is 0.254 e. The molecule has 1 aliphatic heterocycles. The first kappa shape index (κ1) is 29.4. The van der Waals surface area contributed by atoms with Crippen molar-refractivity contribution >= 4 is 15.9 Å². The van der Waals surface area contributed by atoms with Crippen LogP contribution < -0.4 is 14.2 Å². The third-order valence-corrected chi connectivity index (χ3v) is 9.38. The van der Waals surface area contributed by atoms with Crippen LogP contribution >= 0.6 is 0 Å². The molecule has 0 N–H and O–H groups in total. The summed E-state index contributed by atoms with van der Waals surface area (Å²) in [5.74, 6) is 1.77. The lowest BCUT2D eigenvalue weighted by atomic mass is 9.91. The second kappa shape index (κ2) is 12.3. The van der Waals surface area contributed by atoms with Crippen LogP contribution in [-0.2, 0) is 16.4 Å². The molecule has 0 aliphatic carbocycles. The summed E-state index contributed by atoms with van der Waals surface area (Å²) in [5.41, 5.74) is 4.61. The number of nitrogens with zero attached hydrogens (tertiary/aromatic N) is 2. The van der Waals surface area contributed by atoms with Crippen molar-refractivity contribution in [1.29, 1.82) is 0 Å². The van der Waals surface area contributed by atoms with Gasteiger partial charge in [0, 0.05) is 25.2 Å². The van der Waals surface area contributed by atoms with Gasteiger partial charge in [0.2, 0.25) is 10.0 Å². The van der Waals surface area contributed by atoms with E-state index < -0.39 is 16.1 Å². The van der Waals surface area contributed by atoms with Crippen LogP contribution in [0.25, 0.3) is 0 Å². The number of benzene rings is 3. The summed E-state index contributed by atoms with van der Waals surface area (Å²) in [6, 6.07) is 15.7. The predicted octanol–water partition coefficient (Wildman–Crippen LogP) is 5.17. The lowest BCUT2D eigenvalue weighted by molar-refractivity contribution is 0.0589. The zero-order valence-electron chi connectivity index (χ0n) is 24.1. The Morgan fingerprint density at radius 2 is 1.52 bits per heavy atom. The van der Waals surface area contributed by atoms with Gasteiger partial charge >= 0.3 is 0 Å². The monoisotopic (exact) mass is 566 g/mol. The topological polar surface area (TPSA) is 85.4 Å². The van der Waals surface area contributed by atoms with Crippen LogP contribution in [0, 0.1) is 13.8 Å². The number of sulfonamides is 1. The molecule has 0 aromatic heterocycles. The fourth-order valence-corrected chi connectivity index (χ4v) is 6.75. The van der Waals surface area contributed by atoms with Crippen molar-refractivity contribution in [3.63, 3.8) is 0 Å². The number of carbonyl (C=O) groups excluding carboxylic acids is 1. The number of methoxy groups -OCH3 is 2. The van der Waals surface area contributed by atoms with Gasteiger partial charge in [0.25, 0.3) is 5.91 Å². The Bertz CT molecular complexity index is 1450. The van der Waals surface area contributed by atoms with Crippen molar-refractivity contribution in [2.45, 2.75) is 45.1 Å². The number of hydrogen-bond donors (Lipinski definition) is 0. The third-order valence-electron chi connectivity index (χ3n) is 7.31. The number of ether oxygens (including phenoxy) is 3. The molecule has 0 bridgehead atoms. The standard InChI is InChI=1S/C31H38N2O6S/c1-7-32(8-2)40(35,36)26-11-9-23(10-12-26)31(34)33-14-13-24-18-29(37-5)30(38-6)19-27(24)28(33)20-39-25-16-21(3)15-22(4)17-25/h9-12,15-19,28H,7-8,13-14,20H2,1-6H3/t28-/m0/s1. The maximum atomic E-state index is 13.9. The van der Waals surface area contributed by atoms with Crippen LogP contribution in [0.2, 0.25) is 0 Å². The molecular formula is C31H38N2O6S. The predicted molar refractivity (Wildman–Crippen MR) is 155 cm³/mol. The summed E-state index contributed by atoms with van der Waals surface area (Å²) < 4.78 is 44.6. The summed E-state index contributed by atoms with van der Waals surface area (Å²) >= 11 is 0. The van der Waals surface area contributed by atoms with Gasteiger partial charge in [0.1, 0.15) is 12.4 Å². The van der Waals surface area contributed by atoms with E-state index in [1.54, 1.807) is 45.1 Å². The molecule has 1 heterocycles. The minimum Gasteiger partial charge on any atom is -0.493 e. The third kappa shape index (κ3) is 5.95. The molecule has 0 unspecified atom stereocenters. The van der Waals surface area contributed by atoms with Gasteiger partial charge in [-0.25, -0.2) is 8.42 Å². The Hall–Kier alpha value is -3.56. The van der Waals surface area contributed by atoms with E-state index in [1.807, 2.05) is 38.1 Å². The smallest absolute Gasteiger partial charge is 0.254 e. The first-order valence-electron chi connectivity index (χ1n) is 13.5. The van der Waals surface area contributed by atoms with Crippen LogP contribution in [0.5, 0.6) is 17.2 Å². The molecule has 3 aromatic rings. The minimum absolute atomic E-state index is 0.170. The lowest BCUT2D eigenvalue weighted by Crippen LogP contribution is -2.42. The van der Waals surface area contributed by atoms with Gasteiger partial charge < -0.3 is 19.1 Å². The molecule has 1 amide bonds. The van der Waals surface area contributed by atoms with Crippen molar-refractivity contribution in [3.8, 4) is 17.2 Å². The SMILES string of the molecule is CCN(CC)S(=O)(=O)c1ccc(C(=O)N2CCc3cc(OC)c(OC)cc3[C@@H]2COc2cc(C)cc(C)c2)cc1. The molecule has 8 nitrogen and oxygen atoms in total. The summed E-state index contributed by atoms with van der Waals surface area (Å²) in [4.78, 5) is 15.8. The number of carbonyl (C=O) groups is 1. The van der Waals surface area contributed by atoms with Crippen molar-refractivity contribution in [1.82, 2.24) is 9.21 Å². The van der Waals surface area contributed by atoms with Gasteiger partial charge in [-0.15, -0.1) is 0 Å². The van der Waals surface area contributed by atoms with Gasteiger partial charge in [-0.2, -0.15) is 4.31 Å². The Kier molecular flexibility index (Phi) is 9.05. The summed E-state index contributed by atoms with van der Waals surface area (Å²) in [7, 11) is -0.424. The molecule has 0 saturated heterocycles. The Morgan fingerprint density at radius 3 is 2.10 bits per heavy atom. The zero-order valence-corrected chi connectivity index (χ0v) is 24.9. The first-order chi connectivity index (χ1) is 19.1. The number of aryl methyl sites for hydroxylation is 2. The highest BCUT2D eigenvalue weighted by molar-refractivity contribution is 7.89. The molecule has 4 rings (SSSR count). The van der Waals surface area contributed by atoms with E-state index in [1.165, 1.54) is 16.4 Å². The molecule has 9 heteroatoms. The molecule has 3 aromatic carbocycles. The van der Waals surface area contributed by atoms with Gasteiger partial charge in [0.15, 0.2) is 11.5 Å². The van der Waals surface area contributed by atoms with Crippen LogP contribution in [0.1, 0.15) is 52.5 Å². The minimum atomic E-state index is -3.62. The van der Waals surface area contributed by atoms with Gasteiger partial charge in [-0.1, -0.05) is 19.9 Å². The van der Waals surface area contributed by atoms with Gasteiger partial charge in [-0.05, 0) is 91.1 Å². The summed E-state index contributed by atoms with van der Waals surface area (Å²) in [6.45, 7) is 9.12. The first-order valence-corrected chi connectivity index (χ1v) is 14.9. The molecule has 0 saturated carbocycles. The largest absolute Gasteiger partial charge is 0.493 e. The van der Waals surface area contributed by atoms with Crippen molar-refractivity contribution in [3.05, 3.63) is 82.4 Å². The Balaban J connectivity index is 1.68. The highest BCUT2D eigenvalue weighted by Gasteiger charge is 2.34. The molecule has 40 heavy (non-hydrogen) atoms. The van der Waals surface area contributed by atoms with E-state index in [2.05, 4.69) is 6.07 Å². The number of amides is 1. The zero-order chi connectivity index (χ0) is 29.0. The molecule has 0 spiro atoms. The number of fused-ring (bicyclic) bond motifs is 1. The van der Waals surface area contributed by atoms with Crippen molar-refractivity contribution < 1.29 is 27.4 Å². The molecule has 214 valence electrons. The normalized spacial score (nSPS) is 15.1. The average molecular weight is 567 g/mol. The second-order valence-corrected chi connectivity index (χ2v) is 11.9. The van der Waals surface area contributed by atoms with Gasteiger partial charge in [0.05, 0.1) is 25.2 Å². The van der Waals surface area contributed by atoms with Crippen LogP contribution in [0.15, 0.2) is 59.5 Å². The summed E-state index contributed by atoms with van der Waals surface area (Å²) in [5, 5.41) is 0. The van der Waals surface area contributed by atoms with E-state index in [4.69, 9.17) is 14.2 Å². The van der Waals surface area contributed by atoms with Gasteiger partial charge in [-0.3, -0.25) is 4.79 Å². The van der Waals surface area contributed by atoms with E-state index in [0.717, 1.165) is 28.0 Å². The van der Waals surface area contributed by atoms with Crippen molar-refractivity contribution in [2.24, 2.45) is 0 Å². The molecule has 1 aliphatic rings. The molecule has 0 fully saturated rings. The fourth-order valence-electron chi connectivity index (χ4n) is 5.29. The number of hydrogen-bond acceptors (Lipinski definition) is 6. The van der Waals surface area contributed by atoms with Crippen LogP contribution in [-0.4, -0.2) is 64.0 Å². The quantitative estimate of drug-likeness (QED) is 0.337. The fraction of sp³-hybridized carbons (Fsp3) is 0.387. The van der Waals surface area contributed by atoms with Crippen molar-refractivity contribution in [2.75, 3.05) is 40.5 Å². The molecule has 1 atom stereocenters. The van der Waals surface area contributed by atoms with E-state index >= 15 is 0 Å². The number of rotatable bonds is 10. The summed E-state index contributed by atoms with van der Waals surface area (Å²) in [6.07, 6.45) is 0.635. The Morgan fingerprint density at radius 1 is 0.925 bits per heavy atom. The average Bonchev–Trinajstić information content (AvgIpc) is 2.94.